The van der Waals surface area contributed by atoms with E-state index in [-0.39, 0.29) is 0 Å². The Labute approximate surface area is 114 Å². The Morgan fingerprint density at radius 1 is 1.35 bits per heavy atom. The maximum Gasteiger partial charge on any atom is 0.0931 e. The van der Waals surface area contributed by atoms with Crippen molar-refractivity contribution in [3.05, 3.63) is 37.8 Å². The standard InChI is InChI=1S/C11H13Cl2N3S/c1-7-11(13)9(16(2)15-7)6-14-5-8-3-4-10(12)17-8/h3-4,14H,5-6H2,1-2H3. The molecule has 2 rings (SSSR count). The van der Waals surface area contributed by atoms with Crippen molar-refractivity contribution in [1.29, 1.82) is 0 Å². The van der Waals surface area contributed by atoms with Crippen LogP contribution in [0.3, 0.4) is 0 Å². The molecule has 0 fully saturated rings. The molecular weight excluding hydrogens is 277 g/mol. The molecule has 6 heteroatoms. The minimum Gasteiger partial charge on any atom is -0.306 e. The van der Waals surface area contributed by atoms with Gasteiger partial charge in [-0.25, -0.2) is 0 Å². The summed E-state index contributed by atoms with van der Waals surface area (Å²) >= 11 is 13.6. The summed E-state index contributed by atoms with van der Waals surface area (Å²) in [5, 5.41) is 8.34. The number of aromatic nitrogens is 2. The summed E-state index contributed by atoms with van der Waals surface area (Å²) in [6, 6.07) is 3.93. The summed E-state index contributed by atoms with van der Waals surface area (Å²) in [5.74, 6) is 0. The fourth-order valence-corrected chi connectivity index (χ4v) is 2.91. The highest BCUT2D eigenvalue weighted by Crippen LogP contribution is 2.22. The smallest absolute Gasteiger partial charge is 0.0931 e. The van der Waals surface area contributed by atoms with Crippen LogP contribution in [0, 0.1) is 6.92 Å². The first-order valence-corrected chi connectivity index (χ1v) is 6.78. The second-order valence-corrected chi connectivity index (χ2v) is 5.96. The lowest BCUT2D eigenvalue weighted by Gasteiger charge is -2.04. The van der Waals surface area contributed by atoms with Crippen molar-refractivity contribution in [2.75, 3.05) is 0 Å². The van der Waals surface area contributed by atoms with Crippen LogP contribution in [0.5, 0.6) is 0 Å². The number of halogens is 2. The first kappa shape index (κ1) is 12.9. The highest BCUT2D eigenvalue weighted by molar-refractivity contribution is 7.16. The van der Waals surface area contributed by atoms with Crippen molar-refractivity contribution >= 4 is 34.5 Å². The number of nitrogens with one attached hydrogen (secondary N) is 1. The second kappa shape index (κ2) is 5.40. The molecule has 17 heavy (non-hydrogen) atoms. The van der Waals surface area contributed by atoms with Gasteiger partial charge in [0.05, 0.1) is 20.7 Å². The van der Waals surface area contributed by atoms with Gasteiger partial charge >= 0.3 is 0 Å². The first-order chi connectivity index (χ1) is 8.08. The predicted molar refractivity (Wildman–Crippen MR) is 72.8 cm³/mol. The molecule has 0 aliphatic carbocycles. The summed E-state index contributed by atoms with van der Waals surface area (Å²) in [5.41, 5.74) is 1.87. The summed E-state index contributed by atoms with van der Waals surface area (Å²) in [7, 11) is 1.90. The van der Waals surface area contributed by atoms with Gasteiger partial charge in [0.2, 0.25) is 0 Å². The molecule has 2 aromatic rings. The second-order valence-electron chi connectivity index (χ2n) is 3.78. The number of hydrogen-bond acceptors (Lipinski definition) is 3. The maximum absolute atomic E-state index is 6.16. The van der Waals surface area contributed by atoms with Crippen molar-refractivity contribution in [2.45, 2.75) is 20.0 Å². The van der Waals surface area contributed by atoms with Crippen molar-refractivity contribution in [1.82, 2.24) is 15.1 Å². The third-order valence-corrected chi connectivity index (χ3v) is 4.20. The van der Waals surface area contributed by atoms with E-state index < -0.39 is 0 Å². The Balaban J connectivity index is 1.94. The number of thiophene rings is 1. The number of rotatable bonds is 4. The Morgan fingerprint density at radius 2 is 2.12 bits per heavy atom. The van der Waals surface area contributed by atoms with Gasteiger partial charge in [0.15, 0.2) is 0 Å². The van der Waals surface area contributed by atoms with Crippen molar-refractivity contribution in [2.24, 2.45) is 7.05 Å². The van der Waals surface area contributed by atoms with Gasteiger partial charge < -0.3 is 5.32 Å². The van der Waals surface area contributed by atoms with E-state index >= 15 is 0 Å². The number of hydrogen-bond donors (Lipinski definition) is 1. The van der Waals surface area contributed by atoms with E-state index in [1.807, 2.05) is 30.8 Å². The first-order valence-electron chi connectivity index (χ1n) is 5.21. The molecule has 0 saturated heterocycles. The lowest BCUT2D eigenvalue weighted by molar-refractivity contribution is 0.628. The molecule has 92 valence electrons. The molecule has 3 nitrogen and oxygen atoms in total. The SMILES string of the molecule is Cc1nn(C)c(CNCc2ccc(Cl)s2)c1Cl. The zero-order valence-corrected chi connectivity index (χ0v) is 12.0. The van der Waals surface area contributed by atoms with Crippen LogP contribution < -0.4 is 5.32 Å². The Kier molecular flexibility index (Phi) is 4.09. The quantitative estimate of drug-likeness (QED) is 0.935. The predicted octanol–water partition coefficient (Wildman–Crippen LogP) is 3.39. The fraction of sp³-hybridized carbons (Fsp3) is 0.364. The molecule has 0 aliphatic rings. The Morgan fingerprint density at radius 3 is 2.65 bits per heavy atom. The summed E-state index contributed by atoms with van der Waals surface area (Å²) in [6.45, 7) is 3.40. The topological polar surface area (TPSA) is 29.9 Å². The van der Waals surface area contributed by atoms with E-state index in [0.29, 0.717) is 6.54 Å². The normalized spacial score (nSPS) is 11.1. The van der Waals surface area contributed by atoms with Gasteiger partial charge in [-0.3, -0.25) is 4.68 Å². The van der Waals surface area contributed by atoms with Crippen LogP contribution in [0.4, 0.5) is 0 Å². The van der Waals surface area contributed by atoms with E-state index in [4.69, 9.17) is 23.2 Å². The van der Waals surface area contributed by atoms with Crippen LogP contribution in [0.25, 0.3) is 0 Å². The van der Waals surface area contributed by atoms with Crippen molar-refractivity contribution < 1.29 is 0 Å². The Bertz CT molecular complexity index is 519. The summed E-state index contributed by atoms with van der Waals surface area (Å²) in [6.07, 6.45) is 0. The van der Waals surface area contributed by atoms with Gasteiger partial charge in [0, 0.05) is 25.0 Å². The van der Waals surface area contributed by atoms with Gasteiger partial charge in [-0.1, -0.05) is 23.2 Å². The highest BCUT2D eigenvalue weighted by atomic mass is 35.5. The van der Waals surface area contributed by atoms with Crippen LogP contribution in [-0.2, 0) is 20.1 Å². The van der Waals surface area contributed by atoms with Crippen LogP contribution in [0.15, 0.2) is 12.1 Å². The van der Waals surface area contributed by atoms with E-state index in [1.165, 1.54) is 4.88 Å². The molecule has 0 radical (unpaired) electrons. The monoisotopic (exact) mass is 289 g/mol. The lowest BCUT2D eigenvalue weighted by atomic mass is 10.3. The average molecular weight is 290 g/mol. The Hall–Kier alpha value is -0.550. The molecule has 2 heterocycles. The number of aryl methyl sites for hydroxylation is 2. The third kappa shape index (κ3) is 3.01. The largest absolute Gasteiger partial charge is 0.306 e. The van der Waals surface area contributed by atoms with E-state index in [2.05, 4.69) is 10.4 Å². The minimum atomic E-state index is 0.700. The van der Waals surface area contributed by atoms with Crippen molar-refractivity contribution in [3.63, 3.8) is 0 Å². The van der Waals surface area contributed by atoms with Gasteiger partial charge in [-0.15, -0.1) is 11.3 Å². The van der Waals surface area contributed by atoms with Crippen LogP contribution >= 0.6 is 34.5 Å². The lowest BCUT2D eigenvalue weighted by Crippen LogP contribution is -2.14. The zero-order chi connectivity index (χ0) is 12.4. The van der Waals surface area contributed by atoms with Gasteiger partial charge in [0.1, 0.15) is 0 Å². The van der Waals surface area contributed by atoms with Crippen LogP contribution in [0.2, 0.25) is 9.36 Å². The third-order valence-electron chi connectivity index (χ3n) is 2.48. The summed E-state index contributed by atoms with van der Waals surface area (Å²) < 4.78 is 2.63. The zero-order valence-electron chi connectivity index (χ0n) is 9.63. The molecule has 0 unspecified atom stereocenters. The van der Waals surface area contributed by atoms with E-state index in [9.17, 15) is 0 Å². The maximum atomic E-state index is 6.16. The molecule has 0 saturated carbocycles. The van der Waals surface area contributed by atoms with Gasteiger partial charge in [0.25, 0.3) is 0 Å². The highest BCUT2D eigenvalue weighted by Gasteiger charge is 2.10. The molecule has 1 N–H and O–H groups in total. The fourth-order valence-electron chi connectivity index (χ4n) is 1.62. The molecule has 0 spiro atoms. The van der Waals surface area contributed by atoms with Crippen molar-refractivity contribution in [3.8, 4) is 0 Å². The van der Waals surface area contributed by atoms with E-state index in [1.54, 1.807) is 11.3 Å². The molecule has 2 aromatic heterocycles. The van der Waals surface area contributed by atoms with Crippen LogP contribution in [0.1, 0.15) is 16.3 Å². The average Bonchev–Trinajstić information content (AvgIpc) is 2.78. The van der Waals surface area contributed by atoms with Gasteiger partial charge in [-0.05, 0) is 19.1 Å². The molecular formula is C11H13Cl2N3S. The number of nitrogens with zero attached hydrogens (tertiary/aromatic N) is 2. The van der Waals surface area contributed by atoms with Crippen LogP contribution in [-0.4, -0.2) is 9.78 Å². The minimum absolute atomic E-state index is 0.700. The molecule has 0 bridgehead atoms. The molecule has 0 atom stereocenters. The summed E-state index contributed by atoms with van der Waals surface area (Å²) in [4.78, 5) is 1.21. The van der Waals surface area contributed by atoms with Gasteiger partial charge in [-0.2, -0.15) is 5.10 Å². The molecule has 0 amide bonds. The molecule has 0 aromatic carbocycles. The van der Waals surface area contributed by atoms with E-state index in [0.717, 1.165) is 27.3 Å². The molecule has 0 aliphatic heterocycles.